The third-order valence-electron chi connectivity index (χ3n) is 3.64. The van der Waals surface area contributed by atoms with Crippen molar-refractivity contribution >= 4 is 6.09 Å². The van der Waals surface area contributed by atoms with E-state index in [4.69, 9.17) is 18.9 Å². The molecule has 1 N–H and O–H groups in total. The molecule has 2 rings (SSSR count). The molecule has 1 atom stereocenters. The molecule has 0 aliphatic carbocycles. The van der Waals surface area contributed by atoms with Crippen LogP contribution < -0.4 is 19.5 Å². The Kier molecular flexibility index (Phi) is 4.16. The molecule has 1 amide bonds. The maximum Gasteiger partial charge on any atom is 0.407 e. The normalized spacial score (nSPS) is 20.2. The largest absolute Gasteiger partial charge is 0.493 e. The molecule has 1 fully saturated rings. The SMILES string of the molecule is COc1cc([C@@H]2NC(=O)OCC2(C)C)cc(OC)c1OC. The molecule has 0 saturated carbocycles. The van der Waals surface area contributed by atoms with Crippen molar-refractivity contribution in [3.8, 4) is 17.2 Å². The standard InChI is InChI=1S/C15H21NO5/c1-15(2)8-21-14(17)16-13(15)9-6-10(18-3)12(20-5)11(7-9)19-4/h6-7,13H,8H2,1-5H3,(H,16,17)/t13-/m0/s1. The summed E-state index contributed by atoms with van der Waals surface area (Å²) in [5, 5.41) is 2.85. The molecule has 1 aromatic carbocycles. The molecule has 0 bridgehead atoms. The zero-order valence-electron chi connectivity index (χ0n) is 13.0. The summed E-state index contributed by atoms with van der Waals surface area (Å²) < 4.78 is 21.1. The Hall–Kier alpha value is -2.11. The van der Waals surface area contributed by atoms with Gasteiger partial charge in [0.1, 0.15) is 6.61 Å². The Morgan fingerprint density at radius 2 is 1.71 bits per heavy atom. The lowest BCUT2D eigenvalue weighted by atomic mass is 9.80. The zero-order valence-corrected chi connectivity index (χ0v) is 13.0. The maximum absolute atomic E-state index is 11.5. The molecule has 6 nitrogen and oxygen atoms in total. The first-order chi connectivity index (χ1) is 9.92. The van der Waals surface area contributed by atoms with E-state index in [2.05, 4.69) is 5.32 Å². The second-order valence-electron chi connectivity index (χ2n) is 5.60. The van der Waals surface area contributed by atoms with Gasteiger partial charge in [0.05, 0.1) is 27.4 Å². The summed E-state index contributed by atoms with van der Waals surface area (Å²) in [7, 11) is 4.68. The van der Waals surface area contributed by atoms with Crippen LogP contribution in [0.2, 0.25) is 0 Å². The van der Waals surface area contributed by atoms with E-state index in [-0.39, 0.29) is 11.5 Å². The van der Waals surface area contributed by atoms with E-state index in [0.29, 0.717) is 23.9 Å². The van der Waals surface area contributed by atoms with Gasteiger partial charge in [-0.25, -0.2) is 4.79 Å². The maximum atomic E-state index is 11.5. The van der Waals surface area contributed by atoms with Crippen LogP contribution in [-0.2, 0) is 4.74 Å². The van der Waals surface area contributed by atoms with Crippen LogP contribution in [0.4, 0.5) is 4.79 Å². The number of hydrogen-bond acceptors (Lipinski definition) is 5. The number of nitrogens with one attached hydrogen (secondary N) is 1. The number of carbonyl (C=O) groups is 1. The van der Waals surface area contributed by atoms with Gasteiger partial charge in [0, 0.05) is 5.41 Å². The van der Waals surface area contributed by atoms with Gasteiger partial charge in [0.15, 0.2) is 11.5 Å². The predicted molar refractivity (Wildman–Crippen MR) is 77.1 cm³/mol. The average Bonchev–Trinajstić information content (AvgIpc) is 2.48. The first-order valence-corrected chi connectivity index (χ1v) is 6.66. The predicted octanol–water partition coefficient (Wildman–Crippen LogP) is 2.52. The lowest BCUT2D eigenvalue weighted by Crippen LogP contribution is -2.46. The summed E-state index contributed by atoms with van der Waals surface area (Å²) in [5.74, 6) is 1.65. The number of benzene rings is 1. The fraction of sp³-hybridized carbons (Fsp3) is 0.533. The van der Waals surface area contributed by atoms with Gasteiger partial charge in [-0.05, 0) is 17.7 Å². The smallest absolute Gasteiger partial charge is 0.407 e. The molecule has 21 heavy (non-hydrogen) atoms. The zero-order chi connectivity index (χ0) is 15.6. The van der Waals surface area contributed by atoms with E-state index in [9.17, 15) is 4.79 Å². The van der Waals surface area contributed by atoms with Crippen LogP contribution in [0.15, 0.2) is 12.1 Å². The Morgan fingerprint density at radius 3 is 2.19 bits per heavy atom. The van der Waals surface area contributed by atoms with Crippen LogP contribution in [-0.4, -0.2) is 34.0 Å². The van der Waals surface area contributed by atoms with Crippen LogP contribution in [0, 0.1) is 5.41 Å². The van der Waals surface area contributed by atoms with E-state index in [1.165, 1.54) is 0 Å². The lowest BCUT2D eigenvalue weighted by Gasteiger charge is -2.38. The number of rotatable bonds is 4. The number of methoxy groups -OCH3 is 3. The summed E-state index contributed by atoms with van der Waals surface area (Å²) in [6.45, 7) is 4.40. The minimum atomic E-state index is -0.423. The monoisotopic (exact) mass is 295 g/mol. The van der Waals surface area contributed by atoms with E-state index in [1.807, 2.05) is 26.0 Å². The fourth-order valence-corrected chi connectivity index (χ4v) is 2.49. The van der Waals surface area contributed by atoms with Gasteiger partial charge in [-0.15, -0.1) is 0 Å². The van der Waals surface area contributed by atoms with Crippen molar-refractivity contribution in [3.05, 3.63) is 17.7 Å². The van der Waals surface area contributed by atoms with Crippen LogP contribution in [0.5, 0.6) is 17.2 Å². The van der Waals surface area contributed by atoms with E-state index in [1.54, 1.807) is 21.3 Å². The quantitative estimate of drug-likeness (QED) is 0.924. The number of alkyl carbamates (subject to hydrolysis) is 1. The molecule has 0 radical (unpaired) electrons. The molecular formula is C15H21NO5. The number of carbonyl (C=O) groups excluding carboxylic acids is 1. The Labute approximate surface area is 124 Å². The third-order valence-corrected chi connectivity index (χ3v) is 3.64. The summed E-state index contributed by atoms with van der Waals surface area (Å²) in [5.41, 5.74) is 0.629. The average molecular weight is 295 g/mol. The van der Waals surface area contributed by atoms with Crippen molar-refractivity contribution in [2.45, 2.75) is 19.9 Å². The molecule has 0 spiro atoms. The molecule has 116 valence electrons. The van der Waals surface area contributed by atoms with Crippen LogP contribution >= 0.6 is 0 Å². The van der Waals surface area contributed by atoms with E-state index in [0.717, 1.165) is 5.56 Å². The molecular weight excluding hydrogens is 274 g/mol. The van der Waals surface area contributed by atoms with Gasteiger partial charge in [-0.1, -0.05) is 13.8 Å². The molecule has 1 saturated heterocycles. The molecule has 6 heteroatoms. The second kappa shape index (κ2) is 5.71. The topological polar surface area (TPSA) is 66.0 Å². The molecule has 1 aliphatic heterocycles. The number of hydrogen-bond donors (Lipinski definition) is 1. The Bertz CT molecular complexity index is 516. The van der Waals surface area contributed by atoms with Gasteiger partial charge in [0.2, 0.25) is 5.75 Å². The molecule has 0 aromatic heterocycles. The van der Waals surface area contributed by atoms with Gasteiger partial charge < -0.3 is 24.3 Å². The highest BCUT2D eigenvalue weighted by atomic mass is 16.6. The van der Waals surface area contributed by atoms with Gasteiger partial charge in [-0.2, -0.15) is 0 Å². The molecule has 1 aliphatic rings. The summed E-state index contributed by atoms with van der Waals surface area (Å²) in [6, 6.07) is 3.49. The van der Waals surface area contributed by atoms with E-state index < -0.39 is 6.09 Å². The van der Waals surface area contributed by atoms with Crippen LogP contribution in [0.1, 0.15) is 25.5 Å². The van der Waals surface area contributed by atoms with Crippen molar-refractivity contribution in [1.29, 1.82) is 0 Å². The minimum absolute atomic E-state index is 0.201. The highest BCUT2D eigenvalue weighted by molar-refractivity contribution is 5.69. The summed E-state index contributed by atoms with van der Waals surface area (Å²) in [6.07, 6.45) is -0.423. The van der Waals surface area contributed by atoms with Gasteiger partial charge in [0.25, 0.3) is 0 Å². The van der Waals surface area contributed by atoms with Gasteiger partial charge >= 0.3 is 6.09 Å². The van der Waals surface area contributed by atoms with Crippen LogP contribution in [0.25, 0.3) is 0 Å². The van der Waals surface area contributed by atoms with Crippen molar-refractivity contribution in [2.24, 2.45) is 5.41 Å². The highest BCUT2D eigenvalue weighted by Gasteiger charge is 2.38. The molecule has 1 aromatic rings. The molecule has 1 heterocycles. The Morgan fingerprint density at radius 1 is 1.14 bits per heavy atom. The van der Waals surface area contributed by atoms with Gasteiger partial charge in [-0.3, -0.25) is 0 Å². The van der Waals surface area contributed by atoms with Crippen molar-refractivity contribution in [2.75, 3.05) is 27.9 Å². The van der Waals surface area contributed by atoms with Crippen molar-refractivity contribution in [3.63, 3.8) is 0 Å². The summed E-state index contributed by atoms with van der Waals surface area (Å²) in [4.78, 5) is 11.5. The number of cyclic esters (lactones) is 1. The number of ether oxygens (including phenoxy) is 4. The van der Waals surface area contributed by atoms with Crippen molar-refractivity contribution < 1.29 is 23.7 Å². The first-order valence-electron chi connectivity index (χ1n) is 6.66. The highest BCUT2D eigenvalue weighted by Crippen LogP contribution is 2.44. The minimum Gasteiger partial charge on any atom is -0.493 e. The third kappa shape index (κ3) is 2.84. The Balaban J connectivity index is 2.50. The van der Waals surface area contributed by atoms with Crippen molar-refractivity contribution in [1.82, 2.24) is 5.32 Å². The fourth-order valence-electron chi connectivity index (χ4n) is 2.49. The second-order valence-corrected chi connectivity index (χ2v) is 5.60. The number of amides is 1. The first kappa shape index (κ1) is 15.3. The molecule has 0 unspecified atom stereocenters. The summed E-state index contributed by atoms with van der Waals surface area (Å²) >= 11 is 0. The van der Waals surface area contributed by atoms with Crippen LogP contribution in [0.3, 0.4) is 0 Å². The van der Waals surface area contributed by atoms with E-state index >= 15 is 0 Å². The lowest BCUT2D eigenvalue weighted by molar-refractivity contribution is 0.0386.